The zero-order valence-electron chi connectivity index (χ0n) is 8.84. The molecule has 0 aliphatic heterocycles. The molecule has 3 nitrogen and oxygen atoms in total. The smallest absolute Gasteiger partial charge is 0.178 e. The first-order valence-corrected chi connectivity index (χ1v) is 5.14. The number of likely N-dealkylation sites (N-methyl/N-ethyl adjacent to an activating group) is 1. The van der Waals surface area contributed by atoms with Gasteiger partial charge >= 0.3 is 0 Å². The molecule has 15 heavy (non-hydrogen) atoms. The van der Waals surface area contributed by atoms with E-state index in [2.05, 4.69) is 5.32 Å². The van der Waals surface area contributed by atoms with E-state index in [0.29, 0.717) is 22.9 Å². The normalized spacial score (nSPS) is 10.1. The minimum absolute atomic E-state index is 0.00972. The lowest BCUT2D eigenvalue weighted by molar-refractivity contribution is 0.0992. The number of nitrogens with one attached hydrogen (secondary N) is 1. The molecule has 0 atom stereocenters. The van der Waals surface area contributed by atoms with Crippen molar-refractivity contribution in [3.05, 3.63) is 28.8 Å². The first-order chi connectivity index (χ1) is 7.19. The van der Waals surface area contributed by atoms with Gasteiger partial charge in [0.05, 0.1) is 18.7 Å². The van der Waals surface area contributed by atoms with E-state index < -0.39 is 0 Å². The Hall–Kier alpha value is -1.06. The third-order valence-electron chi connectivity index (χ3n) is 2.01. The molecule has 4 heteroatoms. The van der Waals surface area contributed by atoms with E-state index in [1.807, 2.05) is 6.92 Å². The van der Waals surface area contributed by atoms with Crippen molar-refractivity contribution in [3.63, 3.8) is 0 Å². The summed E-state index contributed by atoms with van der Waals surface area (Å²) < 4.78 is 5.00. The van der Waals surface area contributed by atoms with Gasteiger partial charge in [-0.25, -0.2) is 0 Å². The Morgan fingerprint density at radius 2 is 2.27 bits per heavy atom. The number of carbonyl (C=O) groups is 1. The maximum atomic E-state index is 11.6. The highest BCUT2D eigenvalue weighted by atomic mass is 35.5. The summed E-state index contributed by atoms with van der Waals surface area (Å²) >= 11 is 5.95. The van der Waals surface area contributed by atoms with E-state index in [-0.39, 0.29) is 5.78 Å². The van der Waals surface area contributed by atoms with E-state index in [4.69, 9.17) is 16.3 Å². The van der Waals surface area contributed by atoms with Crippen LogP contribution in [-0.4, -0.2) is 26.0 Å². The van der Waals surface area contributed by atoms with Crippen LogP contribution in [0.5, 0.6) is 5.75 Å². The number of ether oxygens (including phenoxy) is 1. The molecule has 1 rings (SSSR count). The SMILES string of the molecule is CCNCC(=O)c1ccc(OC)cc1Cl. The van der Waals surface area contributed by atoms with Gasteiger partial charge in [0, 0.05) is 5.56 Å². The maximum Gasteiger partial charge on any atom is 0.178 e. The van der Waals surface area contributed by atoms with E-state index >= 15 is 0 Å². The Morgan fingerprint density at radius 1 is 1.53 bits per heavy atom. The third kappa shape index (κ3) is 3.22. The lowest BCUT2D eigenvalue weighted by atomic mass is 10.1. The minimum atomic E-state index is -0.00972. The Bertz CT molecular complexity index is 352. The van der Waals surface area contributed by atoms with Crippen LogP contribution in [0.1, 0.15) is 17.3 Å². The molecule has 0 radical (unpaired) electrons. The third-order valence-corrected chi connectivity index (χ3v) is 2.32. The molecule has 1 aromatic rings. The molecular weight excluding hydrogens is 214 g/mol. The molecule has 0 fully saturated rings. The zero-order valence-corrected chi connectivity index (χ0v) is 9.60. The lowest BCUT2D eigenvalue weighted by Gasteiger charge is -2.06. The van der Waals surface area contributed by atoms with Crippen molar-refractivity contribution in [3.8, 4) is 5.75 Å². The van der Waals surface area contributed by atoms with Crippen LogP contribution in [0.15, 0.2) is 18.2 Å². The van der Waals surface area contributed by atoms with Gasteiger partial charge in [-0.2, -0.15) is 0 Å². The molecule has 0 aromatic heterocycles. The minimum Gasteiger partial charge on any atom is -0.497 e. The molecule has 0 saturated heterocycles. The number of hydrogen-bond donors (Lipinski definition) is 1. The molecule has 0 bridgehead atoms. The molecule has 0 aliphatic rings. The van der Waals surface area contributed by atoms with Crippen LogP contribution in [-0.2, 0) is 0 Å². The number of methoxy groups -OCH3 is 1. The number of hydrogen-bond acceptors (Lipinski definition) is 3. The maximum absolute atomic E-state index is 11.6. The van der Waals surface area contributed by atoms with Gasteiger partial charge in [0.1, 0.15) is 5.75 Å². The first kappa shape index (κ1) is 12.0. The van der Waals surface area contributed by atoms with Crippen molar-refractivity contribution in [1.29, 1.82) is 0 Å². The molecule has 0 spiro atoms. The van der Waals surface area contributed by atoms with Gasteiger partial charge in [-0.1, -0.05) is 18.5 Å². The van der Waals surface area contributed by atoms with Crippen molar-refractivity contribution in [2.75, 3.05) is 20.2 Å². The Kier molecular flexibility index (Phi) is 4.59. The fourth-order valence-corrected chi connectivity index (χ4v) is 1.46. The van der Waals surface area contributed by atoms with Crippen LogP contribution in [0.3, 0.4) is 0 Å². The van der Waals surface area contributed by atoms with Crippen LogP contribution in [0, 0.1) is 0 Å². The van der Waals surface area contributed by atoms with Crippen LogP contribution >= 0.6 is 11.6 Å². The van der Waals surface area contributed by atoms with Gasteiger partial charge < -0.3 is 10.1 Å². The summed E-state index contributed by atoms with van der Waals surface area (Å²) in [5, 5.41) is 3.39. The second-order valence-corrected chi connectivity index (χ2v) is 3.46. The molecule has 0 heterocycles. The number of benzene rings is 1. The number of Topliss-reactive ketones (excluding diaryl/α,β-unsaturated/α-hetero) is 1. The van der Waals surface area contributed by atoms with Crippen LogP contribution in [0.2, 0.25) is 5.02 Å². The summed E-state index contributed by atoms with van der Waals surface area (Å²) in [6.07, 6.45) is 0. The number of halogens is 1. The largest absolute Gasteiger partial charge is 0.497 e. The van der Waals surface area contributed by atoms with Crippen molar-refractivity contribution in [2.24, 2.45) is 0 Å². The van der Waals surface area contributed by atoms with Crippen molar-refractivity contribution >= 4 is 17.4 Å². The average Bonchev–Trinajstić information content (AvgIpc) is 2.25. The number of ketones is 1. The van der Waals surface area contributed by atoms with Gasteiger partial charge in [0.25, 0.3) is 0 Å². The zero-order chi connectivity index (χ0) is 11.3. The summed E-state index contributed by atoms with van der Waals surface area (Å²) in [4.78, 5) is 11.6. The molecule has 1 N–H and O–H groups in total. The molecule has 82 valence electrons. The predicted octanol–water partition coefficient (Wildman–Crippen LogP) is 2.14. The van der Waals surface area contributed by atoms with Gasteiger partial charge in [0.2, 0.25) is 0 Å². The van der Waals surface area contributed by atoms with Gasteiger partial charge in [-0.15, -0.1) is 0 Å². The van der Waals surface area contributed by atoms with Crippen molar-refractivity contribution in [1.82, 2.24) is 5.32 Å². The van der Waals surface area contributed by atoms with E-state index in [0.717, 1.165) is 6.54 Å². The Labute approximate surface area is 94.4 Å². The molecule has 0 unspecified atom stereocenters. The van der Waals surface area contributed by atoms with Crippen molar-refractivity contribution in [2.45, 2.75) is 6.92 Å². The van der Waals surface area contributed by atoms with Gasteiger partial charge in [0.15, 0.2) is 5.78 Å². The second kappa shape index (κ2) is 5.73. The molecule has 0 amide bonds. The highest BCUT2D eigenvalue weighted by molar-refractivity contribution is 6.34. The first-order valence-electron chi connectivity index (χ1n) is 4.76. The number of rotatable bonds is 5. The summed E-state index contributed by atoms with van der Waals surface area (Å²) in [6, 6.07) is 5.05. The summed E-state index contributed by atoms with van der Waals surface area (Å²) in [7, 11) is 1.56. The summed E-state index contributed by atoms with van der Waals surface area (Å²) in [6.45, 7) is 3.02. The monoisotopic (exact) mass is 227 g/mol. The molecule has 0 aliphatic carbocycles. The van der Waals surface area contributed by atoms with E-state index in [9.17, 15) is 4.79 Å². The molecule has 0 saturated carbocycles. The Balaban J connectivity index is 2.81. The molecular formula is C11H14ClNO2. The summed E-state index contributed by atoms with van der Waals surface area (Å²) in [5.74, 6) is 0.643. The van der Waals surface area contributed by atoms with Crippen LogP contribution in [0.4, 0.5) is 0 Å². The standard InChI is InChI=1S/C11H14ClNO2/c1-3-13-7-11(14)9-5-4-8(15-2)6-10(9)12/h4-6,13H,3,7H2,1-2H3. The fourth-order valence-electron chi connectivity index (χ4n) is 1.18. The van der Waals surface area contributed by atoms with E-state index in [1.165, 1.54) is 0 Å². The van der Waals surface area contributed by atoms with E-state index in [1.54, 1.807) is 25.3 Å². The molecule has 1 aromatic carbocycles. The fraction of sp³-hybridized carbons (Fsp3) is 0.364. The lowest BCUT2D eigenvalue weighted by Crippen LogP contribution is -2.22. The average molecular weight is 228 g/mol. The summed E-state index contributed by atoms with van der Waals surface area (Å²) in [5.41, 5.74) is 0.526. The Morgan fingerprint density at radius 3 is 2.80 bits per heavy atom. The van der Waals surface area contributed by atoms with Crippen molar-refractivity contribution < 1.29 is 9.53 Å². The second-order valence-electron chi connectivity index (χ2n) is 3.05. The topological polar surface area (TPSA) is 38.3 Å². The van der Waals surface area contributed by atoms with Gasteiger partial charge in [-0.05, 0) is 24.7 Å². The number of carbonyl (C=O) groups excluding carboxylic acids is 1. The van der Waals surface area contributed by atoms with Crippen LogP contribution in [0.25, 0.3) is 0 Å². The quantitative estimate of drug-likeness (QED) is 0.784. The van der Waals surface area contributed by atoms with Crippen LogP contribution < -0.4 is 10.1 Å². The van der Waals surface area contributed by atoms with Gasteiger partial charge in [-0.3, -0.25) is 4.79 Å². The predicted molar refractivity (Wildman–Crippen MR) is 60.9 cm³/mol. The highest BCUT2D eigenvalue weighted by Crippen LogP contribution is 2.22. The highest BCUT2D eigenvalue weighted by Gasteiger charge is 2.10.